The number of fused-ring (bicyclic) bond motifs is 2. The Balaban J connectivity index is 1.23. The molecule has 2 aromatic carbocycles. The highest BCUT2D eigenvalue weighted by molar-refractivity contribution is 7.89. The van der Waals surface area contributed by atoms with E-state index in [2.05, 4.69) is 12.2 Å². The Kier molecular flexibility index (Phi) is 6.37. The largest absolute Gasteiger partial charge is 0.369 e. The fourth-order valence-electron chi connectivity index (χ4n) is 6.09. The van der Waals surface area contributed by atoms with Crippen molar-refractivity contribution in [3.8, 4) is 0 Å². The van der Waals surface area contributed by atoms with Crippen LogP contribution < -0.4 is 10.2 Å². The van der Waals surface area contributed by atoms with E-state index in [9.17, 15) is 17.6 Å². The minimum atomic E-state index is -3.71. The monoisotopic (exact) mass is 485 g/mol. The normalized spacial score (nSPS) is 25.9. The molecule has 0 spiro atoms. The van der Waals surface area contributed by atoms with Gasteiger partial charge in [-0.25, -0.2) is 12.8 Å². The maximum Gasteiger partial charge on any atom is 0.251 e. The van der Waals surface area contributed by atoms with Gasteiger partial charge in [-0.05, 0) is 86.4 Å². The number of hydrogen-bond acceptors (Lipinski definition) is 4. The van der Waals surface area contributed by atoms with Crippen molar-refractivity contribution in [1.29, 1.82) is 0 Å². The summed E-state index contributed by atoms with van der Waals surface area (Å²) in [6, 6.07) is 12.7. The lowest BCUT2D eigenvalue weighted by Gasteiger charge is -2.35. The smallest absolute Gasteiger partial charge is 0.251 e. The molecule has 1 amide bonds. The number of nitrogens with zero attached hydrogens (tertiary/aromatic N) is 2. The molecule has 3 fully saturated rings. The van der Waals surface area contributed by atoms with Crippen molar-refractivity contribution in [3.63, 3.8) is 0 Å². The molecule has 6 nitrogen and oxygen atoms in total. The van der Waals surface area contributed by atoms with Crippen LogP contribution in [0, 0.1) is 23.6 Å². The third-order valence-corrected chi connectivity index (χ3v) is 9.85. The lowest BCUT2D eigenvalue weighted by Crippen LogP contribution is -2.48. The SMILES string of the molecule is C[C@@H](NC(=O)c1cccc(S(=O)(=O)N2CCN(c3ccc(F)cc3)CC2)c1)[C@H]1C[C@@H]2CC[C@@H]1C2. The van der Waals surface area contributed by atoms with E-state index in [1.807, 2.05) is 4.90 Å². The maximum absolute atomic E-state index is 13.3. The topological polar surface area (TPSA) is 69.7 Å². The zero-order valence-corrected chi connectivity index (χ0v) is 20.3. The number of hydrogen-bond donors (Lipinski definition) is 1. The second kappa shape index (κ2) is 9.30. The van der Waals surface area contributed by atoms with Crippen LogP contribution in [0.4, 0.5) is 10.1 Å². The van der Waals surface area contributed by atoms with Crippen molar-refractivity contribution in [3.05, 3.63) is 59.9 Å². The van der Waals surface area contributed by atoms with Crippen LogP contribution in [0.5, 0.6) is 0 Å². The number of rotatable bonds is 6. The molecular weight excluding hydrogens is 453 g/mol. The molecule has 1 aliphatic heterocycles. The van der Waals surface area contributed by atoms with E-state index in [0.29, 0.717) is 43.6 Å². The van der Waals surface area contributed by atoms with Gasteiger partial charge in [0, 0.05) is 43.5 Å². The number of nitrogens with one attached hydrogen (secondary N) is 1. The van der Waals surface area contributed by atoms with E-state index in [1.54, 1.807) is 30.3 Å². The summed E-state index contributed by atoms with van der Waals surface area (Å²) in [7, 11) is -3.71. The van der Waals surface area contributed by atoms with Gasteiger partial charge in [0.15, 0.2) is 0 Å². The first-order chi connectivity index (χ1) is 16.3. The molecule has 5 rings (SSSR count). The van der Waals surface area contributed by atoms with Gasteiger partial charge >= 0.3 is 0 Å². The molecular formula is C26H32FN3O3S. The molecule has 2 aliphatic carbocycles. The molecule has 0 aromatic heterocycles. The Labute approximate surface area is 201 Å². The summed E-state index contributed by atoms with van der Waals surface area (Å²) >= 11 is 0. The van der Waals surface area contributed by atoms with Gasteiger partial charge in [-0.3, -0.25) is 4.79 Å². The molecule has 4 atom stereocenters. The van der Waals surface area contributed by atoms with Crippen LogP contribution in [0.2, 0.25) is 0 Å². The highest BCUT2D eigenvalue weighted by atomic mass is 32.2. The quantitative estimate of drug-likeness (QED) is 0.674. The Bertz CT molecular complexity index is 1150. The Hall–Kier alpha value is -2.45. The summed E-state index contributed by atoms with van der Waals surface area (Å²) < 4.78 is 41.2. The van der Waals surface area contributed by atoms with E-state index in [-0.39, 0.29) is 22.7 Å². The van der Waals surface area contributed by atoms with Crippen LogP contribution in [-0.2, 0) is 10.0 Å². The molecule has 1 heterocycles. The summed E-state index contributed by atoms with van der Waals surface area (Å²) in [5.41, 5.74) is 1.25. The summed E-state index contributed by atoms with van der Waals surface area (Å²) in [6.45, 7) is 3.78. The average Bonchev–Trinajstić information content (AvgIpc) is 3.49. The van der Waals surface area contributed by atoms with E-state index in [1.165, 1.54) is 48.2 Å². The second-order valence-electron chi connectivity index (χ2n) is 10.00. The van der Waals surface area contributed by atoms with Gasteiger partial charge in [-0.1, -0.05) is 12.5 Å². The zero-order chi connectivity index (χ0) is 23.9. The van der Waals surface area contributed by atoms with Gasteiger partial charge in [0.25, 0.3) is 5.91 Å². The zero-order valence-electron chi connectivity index (χ0n) is 19.5. The number of carbonyl (C=O) groups is 1. The molecule has 0 radical (unpaired) electrons. The number of piperazine rings is 1. The van der Waals surface area contributed by atoms with Crippen LogP contribution in [0.15, 0.2) is 53.4 Å². The third kappa shape index (κ3) is 4.58. The minimum Gasteiger partial charge on any atom is -0.369 e. The number of carbonyl (C=O) groups excluding carboxylic acids is 1. The molecule has 2 saturated carbocycles. The molecule has 8 heteroatoms. The average molecular weight is 486 g/mol. The number of anilines is 1. The van der Waals surface area contributed by atoms with Crippen LogP contribution in [0.3, 0.4) is 0 Å². The Morgan fingerprint density at radius 3 is 2.41 bits per heavy atom. The third-order valence-electron chi connectivity index (χ3n) is 7.96. The van der Waals surface area contributed by atoms with Crippen molar-refractivity contribution in [1.82, 2.24) is 9.62 Å². The molecule has 3 aliphatic rings. The lowest BCUT2D eigenvalue weighted by atomic mass is 9.84. The standard InChI is InChI=1S/C26H32FN3O3S/c1-18(25-16-19-5-6-20(25)15-19)28-26(31)21-3-2-4-24(17-21)34(32,33)30-13-11-29(12-14-30)23-9-7-22(27)8-10-23/h2-4,7-10,17-20,25H,5-6,11-16H2,1H3,(H,28,31)/t18-,19-,20-,25-/m1/s1. The number of amides is 1. The van der Waals surface area contributed by atoms with Crippen molar-refractivity contribution in [2.75, 3.05) is 31.1 Å². The summed E-state index contributed by atoms with van der Waals surface area (Å²) in [4.78, 5) is 15.1. The van der Waals surface area contributed by atoms with Gasteiger partial charge in [0.05, 0.1) is 4.90 Å². The molecule has 1 saturated heterocycles. The fraction of sp³-hybridized carbons (Fsp3) is 0.500. The number of halogens is 1. The fourth-order valence-corrected chi connectivity index (χ4v) is 7.56. The molecule has 0 unspecified atom stereocenters. The van der Waals surface area contributed by atoms with Gasteiger partial charge < -0.3 is 10.2 Å². The second-order valence-corrected chi connectivity index (χ2v) is 11.9. The summed E-state index contributed by atoms with van der Waals surface area (Å²) in [5, 5.41) is 3.13. The first-order valence-electron chi connectivity index (χ1n) is 12.2. The van der Waals surface area contributed by atoms with Crippen molar-refractivity contribution in [2.24, 2.45) is 17.8 Å². The predicted molar refractivity (Wildman–Crippen MR) is 130 cm³/mol. The molecule has 182 valence electrons. The van der Waals surface area contributed by atoms with E-state index >= 15 is 0 Å². The predicted octanol–water partition coefficient (Wildman–Crippen LogP) is 3.89. The summed E-state index contributed by atoms with van der Waals surface area (Å²) in [6.07, 6.45) is 5.05. The first-order valence-corrected chi connectivity index (χ1v) is 13.7. The highest BCUT2D eigenvalue weighted by Crippen LogP contribution is 2.49. The van der Waals surface area contributed by atoms with Gasteiger partial charge in [-0.2, -0.15) is 4.31 Å². The maximum atomic E-state index is 13.3. The van der Waals surface area contributed by atoms with E-state index in [4.69, 9.17) is 0 Å². The van der Waals surface area contributed by atoms with E-state index < -0.39 is 10.0 Å². The van der Waals surface area contributed by atoms with Gasteiger partial charge in [-0.15, -0.1) is 0 Å². The van der Waals surface area contributed by atoms with Crippen molar-refractivity contribution in [2.45, 2.75) is 43.5 Å². The lowest BCUT2D eigenvalue weighted by molar-refractivity contribution is 0.0915. The number of benzene rings is 2. The van der Waals surface area contributed by atoms with Crippen LogP contribution in [0.1, 0.15) is 43.0 Å². The molecule has 2 aromatic rings. The first kappa shape index (κ1) is 23.3. The van der Waals surface area contributed by atoms with Crippen LogP contribution in [0.25, 0.3) is 0 Å². The minimum absolute atomic E-state index is 0.0857. The van der Waals surface area contributed by atoms with E-state index in [0.717, 1.165) is 11.6 Å². The Morgan fingerprint density at radius 2 is 1.76 bits per heavy atom. The van der Waals surface area contributed by atoms with Crippen LogP contribution >= 0.6 is 0 Å². The molecule has 2 bridgehead atoms. The van der Waals surface area contributed by atoms with Crippen molar-refractivity contribution >= 4 is 21.6 Å². The van der Waals surface area contributed by atoms with Gasteiger partial charge in [0.1, 0.15) is 5.82 Å². The number of sulfonamides is 1. The summed E-state index contributed by atoms with van der Waals surface area (Å²) in [5.74, 6) is 1.53. The van der Waals surface area contributed by atoms with Crippen LogP contribution in [-0.4, -0.2) is 50.9 Å². The molecule has 1 N–H and O–H groups in total. The Morgan fingerprint density at radius 1 is 1.03 bits per heavy atom. The highest BCUT2D eigenvalue weighted by Gasteiger charge is 2.42. The van der Waals surface area contributed by atoms with Gasteiger partial charge in [0.2, 0.25) is 10.0 Å². The molecule has 34 heavy (non-hydrogen) atoms. The van der Waals surface area contributed by atoms with Crippen molar-refractivity contribution < 1.29 is 17.6 Å².